The molecule has 2 aromatic carbocycles. The Labute approximate surface area is 193 Å². The lowest BCUT2D eigenvalue weighted by Gasteiger charge is -2.04. The molecular weight excluding hydrogens is 372 g/mol. The molecule has 0 aliphatic rings. The smallest absolute Gasteiger partial charge is 0.00913 e. The van der Waals surface area contributed by atoms with E-state index in [4.69, 9.17) is 0 Å². The standard InChI is InChI=1S/C31H48/c1-2-3-4-5-6-7-8-9-10-11-12-13-14-15-16-17-18-19-20-24-29-26-23-27-30-25-21-22-28-31(29)30/h19-23,25-28H,2-18,24H2,1H3/b20-19+. The van der Waals surface area contributed by atoms with Crippen LogP contribution < -0.4 is 0 Å². The van der Waals surface area contributed by atoms with Gasteiger partial charge in [0.1, 0.15) is 0 Å². The topological polar surface area (TPSA) is 0 Å². The van der Waals surface area contributed by atoms with Crippen LogP contribution in [0.15, 0.2) is 54.6 Å². The van der Waals surface area contributed by atoms with Crippen LogP contribution in [0.1, 0.15) is 122 Å². The molecule has 172 valence electrons. The van der Waals surface area contributed by atoms with Gasteiger partial charge < -0.3 is 0 Å². The molecule has 0 saturated heterocycles. The Hall–Kier alpha value is -1.56. The summed E-state index contributed by atoms with van der Waals surface area (Å²) in [5.74, 6) is 0. The van der Waals surface area contributed by atoms with Gasteiger partial charge in [-0.25, -0.2) is 0 Å². The summed E-state index contributed by atoms with van der Waals surface area (Å²) in [6.45, 7) is 2.30. The summed E-state index contributed by atoms with van der Waals surface area (Å²) < 4.78 is 0. The molecule has 0 aliphatic carbocycles. The molecule has 0 amide bonds. The molecule has 0 heterocycles. The summed E-state index contributed by atoms with van der Waals surface area (Å²) in [7, 11) is 0. The molecule has 0 saturated carbocycles. The van der Waals surface area contributed by atoms with Crippen molar-refractivity contribution in [1.29, 1.82) is 0 Å². The van der Waals surface area contributed by atoms with E-state index in [1.807, 2.05) is 0 Å². The molecule has 0 N–H and O–H groups in total. The van der Waals surface area contributed by atoms with Gasteiger partial charge in [0, 0.05) is 0 Å². The van der Waals surface area contributed by atoms with E-state index < -0.39 is 0 Å². The van der Waals surface area contributed by atoms with Crippen LogP contribution in [0.25, 0.3) is 10.8 Å². The maximum absolute atomic E-state index is 2.39. The largest absolute Gasteiger partial charge is 0.0882 e. The minimum absolute atomic E-state index is 1.06. The van der Waals surface area contributed by atoms with Gasteiger partial charge in [-0.05, 0) is 35.6 Å². The van der Waals surface area contributed by atoms with Crippen molar-refractivity contribution in [1.82, 2.24) is 0 Å². The van der Waals surface area contributed by atoms with Crippen molar-refractivity contribution < 1.29 is 0 Å². The maximum Gasteiger partial charge on any atom is -0.00913 e. The number of hydrogen-bond acceptors (Lipinski definition) is 0. The van der Waals surface area contributed by atoms with Crippen molar-refractivity contribution in [3.05, 3.63) is 60.2 Å². The highest BCUT2D eigenvalue weighted by molar-refractivity contribution is 5.85. The summed E-state index contributed by atoms with van der Waals surface area (Å²) in [4.78, 5) is 0. The summed E-state index contributed by atoms with van der Waals surface area (Å²) in [6, 6.07) is 15.4. The lowest BCUT2D eigenvalue weighted by molar-refractivity contribution is 0.530. The Morgan fingerprint density at radius 3 is 1.65 bits per heavy atom. The van der Waals surface area contributed by atoms with Gasteiger partial charge in [-0.1, -0.05) is 158 Å². The number of benzene rings is 2. The predicted molar refractivity (Wildman–Crippen MR) is 141 cm³/mol. The fraction of sp³-hybridized carbons (Fsp3) is 0.613. The quantitative estimate of drug-likeness (QED) is 0.156. The summed E-state index contributed by atoms with van der Waals surface area (Å²) in [5, 5.41) is 2.75. The second-order valence-corrected chi connectivity index (χ2v) is 9.41. The lowest BCUT2D eigenvalue weighted by atomic mass is 10.0. The molecule has 0 heteroatoms. The molecule has 0 radical (unpaired) electrons. The number of fused-ring (bicyclic) bond motifs is 1. The fourth-order valence-electron chi connectivity index (χ4n) is 4.61. The van der Waals surface area contributed by atoms with E-state index in [1.165, 1.54) is 125 Å². The van der Waals surface area contributed by atoms with E-state index in [9.17, 15) is 0 Å². The first kappa shape index (κ1) is 25.7. The van der Waals surface area contributed by atoms with Crippen molar-refractivity contribution in [3.8, 4) is 0 Å². The lowest BCUT2D eigenvalue weighted by Crippen LogP contribution is -1.84. The zero-order valence-electron chi connectivity index (χ0n) is 20.4. The Bertz CT molecular complexity index is 691. The number of allylic oxidation sites excluding steroid dienone is 2. The second kappa shape index (κ2) is 18.1. The van der Waals surface area contributed by atoms with E-state index in [0.717, 1.165) is 6.42 Å². The Kier molecular flexibility index (Phi) is 15.0. The molecule has 0 spiro atoms. The highest BCUT2D eigenvalue weighted by Crippen LogP contribution is 2.19. The van der Waals surface area contributed by atoms with Gasteiger partial charge in [0.2, 0.25) is 0 Å². The van der Waals surface area contributed by atoms with Crippen LogP contribution >= 0.6 is 0 Å². The molecule has 2 rings (SSSR count). The molecule has 0 fully saturated rings. The molecule has 0 aliphatic heterocycles. The zero-order valence-corrected chi connectivity index (χ0v) is 20.4. The van der Waals surface area contributed by atoms with E-state index in [2.05, 4.69) is 61.5 Å². The first-order chi connectivity index (χ1) is 15.4. The van der Waals surface area contributed by atoms with Crippen molar-refractivity contribution in [2.24, 2.45) is 0 Å². The second-order valence-electron chi connectivity index (χ2n) is 9.41. The van der Waals surface area contributed by atoms with E-state index in [1.54, 1.807) is 0 Å². The van der Waals surface area contributed by atoms with Gasteiger partial charge in [-0.3, -0.25) is 0 Å². The van der Waals surface area contributed by atoms with Crippen LogP contribution in [-0.4, -0.2) is 0 Å². The average molecular weight is 421 g/mol. The van der Waals surface area contributed by atoms with Crippen molar-refractivity contribution in [2.75, 3.05) is 0 Å². The summed E-state index contributed by atoms with van der Waals surface area (Å²) >= 11 is 0. The highest BCUT2D eigenvalue weighted by atomic mass is 14.0. The summed E-state index contributed by atoms with van der Waals surface area (Å²) in [5.41, 5.74) is 1.45. The van der Waals surface area contributed by atoms with E-state index in [0.29, 0.717) is 0 Å². The third-order valence-electron chi connectivity index (χ3n) is 6.61. The summed E-state index contributed by atoms with van der Waals surface area (Å²) in [6.07, 6.45) is 30.1. The van der Waals surface area contributed by atoms with Crippen LogP contribution in [0.4, 0.5) is 0 Å². The Morgan fingerprint density at radius 1 is 0.516 bits per heavy atom. The van der Waals surface area contributed by atoms with Gasteiger partial charge in [-0.2, -0.15) is 0 Å². The monoisotopic (exact) mass is 420 g/mol. The molecule has 0 bridgehead atoms. The minimum atomic E-state index is 1.06. The first-order valence-electron chi connectivity index (χ1n) is 13.5. The SMILES string of the molecule is CCCCCCCCCCCCCCCCCC/C=C/Cc1cccc2ccccc12. The number of unbranched alkanes of at least 4 members (excludes halogenated alkanes) is 16. The van der Waals surface area contributed by atoms with Gasteiger partial charge in [0.25, 0.3) is 0 Å². The number of rotatable bonds is 19. The predicted octanol–water partition coefficient (Wildman–Crippen LogP) is 10.6. The van der Waals surface area contributed by atoms with Crippen molar-refractivity contribution in [3.63, 3.8) is 0 Å². The van der Waals surface area contributed by atoms with Gasteiger partial charge in [-0.15, -0.1) is 0 Å². The van der Waals surface area contributed by atoms with Crippen LogP contribution in [0.3, 0.4) is 0 Å². The molecule has 0 nitrogen and oxygen atoms in total. The van der Waals surface area contributed by atoms with Crippen LogP contribution in [-0.2, 0) is 6.42 Å². The van der Waals surface area contributed by atoms with Crippen LogP contribution in [0.5, 0.6) is 0 Å². The maximum atomic E-state index is 2.39. The molecule has 0 unspecified atom stereocenters. The van der Waals surface area contributed by atoms with Crippen molar-refractivity contribution >= 4 is 10.8 Å². The van der Waals surface area contributed by atoms with Gasteiger partial charge in [0.15, 0.2) is 0 Å². The number of hydrogen-bond donors (Lipinski definition) is 0. The average Bonchev–Trinajstić information content (AvgIpc) is 2.80. The molecule has 0 aromatic heterocycles. The van der Waals surface area contributed by atoms with E-state index in [-0.39, 0.29) is 0 Å². The molecular formula is C31H48. The Balaban J connectivity index is 1.35. The van der Waals surface area contributed by atoms with Gasteiger partial charge in [0.05, 0.1) is 0 Å². The van der Waals surface area contributed by atoms with Gasteiger partial charge >= 0.3 is 0 Å². The molecule has 31 heavy (non-hydrogen) atoms. The Morgan fingerprint density at radius 2 is 1.03 bits per heavy atom. The van der Waals surface area contributed by atoms with Crippen LogP contribution in [0.2, 0.25) is 0 Å². The molecule has 2 aromatic rings. The normalized spacial score (nSPS) is 11.6. The van der Waals surface area contributed by atoms with Crippen molar-refractivity contribution in [2.45, 2.75) is 122 Å². The minimum Gasteiger partial charge on any atom is -0.0882 e. The third-order valence-corrected chi connectivity index (χ3v) is 6.61. The fourth-order valence-corrected chi connectivity index (χ4v) is 4.61. The van der Waals surface area contributed by atoms with E-state index >= 15 is 0 Å². The molecule has 0 atom stereocenters. The highest BCUT2D eigenvalue weighted by Gasteiger charge is 1.98. The van der Waals surface area contributed by atoms with Crippen LogP contribution in [0, 0.1) is 0 Å². The third kappa shape index (κ3) is 12.2. The zero-order chi connectivity index (χ0) is 21.8. The first-order valence-corrected chi connectivity index (χ1v) is 13.5.